The second kappa shape index (κ2) is 6.73. The maximum absolute atomic E-state index is 13.4. The van der Waals surface area contributed by atoms with Gasteiger partial charge >= 0.3 is 0 Å². The lowest BCUT2D eigenvalue weighted by Crippen LogP contribution is -2.31. The smallest absolute Gasteiger partial charge is 0.227 e. The number of carbonyl (C=O) groups excluding carboxylic acids is 1. The average molecular weight is 331 g/mol. The molecule has 0 spiro atoms. The first kappa shape index (κ1) is 16.6. The highest BCUT2D eigenvalue weighted by molar-refractivity contribution is 5.79. The average Bonchev–Trinajstić information content (AvgIpc) is 3.10. The van der Waals surface area contributed by atoms with Gasteiger partial charge in [0.05, 0.1) is 18.2 Å². The number of halogens is 1. The normalized spacial score (nSPS) is 20.6. The summed E-state index contributed by atoms with van der Waals surface area (Å²) >= 11 is 0. The Morgan fingerprint density at radius 1 is 1.38 bits per heavy atom. The van der Waals surface area contributed by atoms with E-state index in [0.717, 1.165) is 17.0 Å². The number of likely N-dealkylation sites (tertiary alicyclic amines) is 1. The molecule has 3 rings (SSSR count). The quantitative estimate of drug-likeness (QED) is 0.897. The molecule has 1 fully saturated rings. The number of aliphatic hydroxyl groups excluding tert-OH is 1. The molecule has 2 atom stereocenters. The summed E-state index contributed by atoms with van der Waals surface area (Å²) in [7, 11) is 0. The molecule has 0 bridgehead atoms. The number of rotatable bonds is 4. The van der Waals surface area contributed by atoms with Gasteiger partial charge in [0.25, 0.3) is 0 Å². The fraction of sp³-hybridized carbons (Fsp3) is 0.444. The van der Waals surface area contributed by atoms with E-state index in [2.05, 4.69) is 10.2 Å². The van der Waals surface area contributed by atoms with E-state index in [1.165, 1.54) is 12.1 Å². The zero-order chi connectivity index (χ0) is 17.3. The number of benzene rings is 1. The van der Waals surface area contributed by atoms with Crippen LogP contribution in [0.25, 0.3) is 0 Å². The molecule has 1 amide bonds. The number of carbonyl (C=O) groups is 1. The maximum atomic E-state index is 13.4. The fourth-order valence-corrected chi connectivity index (χ4v) is 3.21. The van der Waals surface area contributed by atoms with Crippen molar-refractivity contribution in [3.8, 4) is 0 Å². The molecule has 2 aromatic rings. The van der Waals surface area contributed by atoms with Crippen LogP contribution in [0.4, 0.5) is 4.39 Å². The Hall–Kier alpha value is -2.21. The minimum atomic E-state index is -0.556. The summed E-state index contributed by atoms with van der Waals surface area (Å²) in [5, 5.41) is 17.3. The number of aliphatic hydroxyl groups is 1. The monoisotopic (exact) mass is 331 g/mol. The van der Waals surface area contributed by atoms with Gasteiger partial charge in [0, 0.05) is 24.7 Å². The van der Waals surface area contributed by atoms with Gasteiger partial charge in [-0.15, -0.1) is 0 Å². The molecule has 0 saturated carbocycles. The third-order valence-corrected chi connectivity index (χ3v) is 4.64. The Morgan fingerprint density at radius 2 is 2.17 bits per heavy atom. The van der Waals surface area contributed by atoms with Crippen LogP contribution in [-0.4, -0.2) is 45.3 Å². The molecule has 2 N–H and O–H groups in total. The first-order valence-electron chi connectivity index (χ1n) is 8.14. The van der Waals surface area contributed by atoms with Crippen molar-refractivity contribution in [2.45, 2.75) is 32.8 Å². The Labute approximate surface area is 140 Å². The standard InChI is InChI=1S/C18H22FN3O2/c1-11-3-4-15(19)6-13(11)8-18(24)22-9-14(17(23)10-22)7-16-5-12(2)20-21-16/h3-6,14,17,23H,7-10H2,1-2H3,(H,20,21)/t14-,17-/m1/s1. The van der Waals surface area contributed by atoms with Crippen molar-refractivity contribution in [2.24, 2.45) is 5.92 Å². The molecule has 0 radical (unpaired) electrons. The number of aryl methyl sites for hydroxylation is 2. The number of aromatic nitrogens is 2. The molecule has 0 unspecified atom stereocenters. The van der Waals surface area contributed by atoms with Crippen LogP contribution in [0, 0.1) is 25.6 Å². The summed E-state index contributed by atoms with van der Waals surface area (Å²) < 4.78 is 13.4. The van der Waals surface area contributed by atoms with E-state index in [1.54, 1.807) is 11.0 Å². The Bertz CT molecular complexity index is 744. The molecule has 1 aliphatic rings. The molecule has 128 valence electrons. The second-order valence-corrected chi connectivity index (χ2v) is 6.62. The lowest BCUT2D eigenvalue weighted by molar-refractivity contribution is -0.129. The van der Waals surface area contributed by atoms with Crippen LogP contribution in [-0.2, 0) is 17.6 Å². The number of hydrogen-bond donors (Lipinski definition) is 2. The van der Waals surface area contributed by atoms with Crippen LogP contribution in [0.2, 0.25) is 0 Å². The lowest BCUT2D eigenvalue weighted by Gasteiger charge is -2.17. The van der Waals surface area contributed by atoms with Crippen LogP contribution in [0.3, 0.4) is 0 Å². The van der Waals surface area contributed by atoms with Crippen molar-refractivity contribution >= 4 is 5.91 Å². The van der Waals surface area contributed by atoms with Gasteiger partial charge in [-0.3, -0.25) is 9.89 Å². The predicted molar refractivity (Wildman–Crippen MR) is 87.9 cm³/mol. The second-order valence-electron chi connectivity index (χ2n) is 6.62. The van der Waals surface area contributed by atoms with Crippen molar-refractivity contribution in [3.05, 3.63) is 52.6 Å². The molecule has 1 saturated heterocycles. The van der Waals surface area contributed by atoms with E-state index < -0.39 is 6.10 Å². The third kappa shape index (κ3) is 3.64. The summed E-state index contributed by atoms with van der Waals surface area (Å²) in [6.45, 7) is 4.61. The van der Waals surface area contributed by atoms with Crippen LogP contribution < -0.4 is 0 Å². The number of H-pyrrole nitrogens is 1. The van der Waals surface area contributed by atoms with E-state index in [0.29, 0.717) is 25.1 Å². The first-order chi connectivity index (χ1) is 11.4. The minimum Gasteiger partial charge on any atom is -0.391 e. The molecule has 6 heteroatoms. The van der Waals surface area contributed by atoms with E-state index >= 15 is 0 Å². The van der Waals surface area contributed by atoms with Crippen molar-refractivity contribution in [1.29, 1.82) is 0 Å². The molecule has 1 aromatic carbocycles. The zero-order valence-electron chi connectivity index (χ0n) is 13.9. The van der Waals surface area contributed by atoms with Gasteiger partial charge in [-0.2, -0.15) is 5.10 Å². The summed E-state index contributed by atoms with van der Waals surface area (Å²) in [4.78, 5) is 14.2. The maximum Gasteiger partial charge on any atom is 0.227 e. The zero-order valence-corrected chi connectivity index (χ0v) is 13.9. The number of amides is 1. The summed E-state index contributed by atoms with van der Waals surface area (Å²) in [6.07, 6.45) is 0.235. The minimum absolute atomic E-state index is 0.0229. The van der Waals surface area contributed by atoms with Crippen molar-refractivity contribution in [3.63, 3.8) is 0 Å². The number of nitrogens with one attached hydrogen (secondary N) is 1. The Balaban J connectivity index is 1.63. The fourth-order valence-electron chi connectivity index (χ4n) is 3.21. The van der Waals surface area contributed by atoms with Gasteiger partial charge in [0.15, 0.2) is 0 Å². The molecule has 2 heterocycles. The number of aromatic amines is 1. The van der Waals surface area contributed by atoms with Gasteiger partial charge in [-0.1, -0.05) is 6.07 Å². The van der Waals surface area contributed by atoms with Crippen LogP contribution in [0.5, 0.6) is 0 Å². The van der Waals surface area contributed by atoms with E-state index in [-0.39, 0.29) is 24.1 Å². The van der Waals surface area contributed by atoms with Crippen LogP contribution in [0.1, 0.15) is 22.5 Å². The highest BCUT2D eigenvalue weighted by atomic mass is 19.1. The Morgan fingerprint density at radius 3 is 2.88 bits per heavy atom. The van der Waals surface area contributed by atoms with Crippen LogP contribution in [0.15, 0.2) is 24.3 Å². The predicted octanol–water partition coefficient (Wildman–Crippen LogP) is 1.77. The molecule has 0 aliphatic carbocycles. The van der Waals surface area contributed by atoms with E-state index in [4.69, 9.17) is 0 Å². The molecule has 1 aliphatic heterocycles. The molecular weight excluding hydrogens is 309 g/mol. The highest BCUT2D eigenvalue weighted by Gasteiger charge is 2.34. The third-order valence-electron chi connectivity index (χ3n) is 4.64. The summed E-state index contributed by atoms with van der Waals surface area (Å²) in [5.74, 6) is -0.439. The molecule has 1 aromatic heterocycles. The Kier molecular flexibility index (Phi) is 4.66. The summed E-state index contributed by atoms with van der Waals surface area (Å²) in [6, 6.07) is 6.43. The van der Waals surface area contributed by atoms with Gasteiger partial charge in [-0.05, 0) is 49.6 Å². The molecule has 24 heavy (non-hydrogen) atoms. The van der Waals surface area contributed by atoms with Crippen molar-refractivity contribution in [2.75, 3.05) is 13.1 Å². The number of hydrogen-bond acceptors (Lipinski definition) is 3. The summed E-state index contributed by atoms with van der Waals surface area (Å²) in [5.41, 5.74) is 3.47. The van der Waals surface area contributed by atoms with Gasteiger partial charge in [0.2, 0.25) is 5.91 Å². The van der Waals surface area contributed by atoms with Crippen molar-refractivity contribution in [1.82, 2.24) is 15.1 Å². The molecular formula is C18H22FN3O2. The lowest BCUT2D eigenvalue weighted by atomic mass is 10.00. The largest absolute Gasteiger partial charge is 0.391 e. The highest BCUT2D eigenvalue weighted by Crippen LogP contribution is 2.22. The van der Waals surface area contributed by atoms with Crippen LogP contribution >= 0.6 is 0 Å². The van der Waals surface area contributed by atoms with E-state index in [9.17, 15) is 14.3 Å². The van der Waals surface area contributed by atoms with Crippen molar-refractivity contribution < 1.29 is 14.3 Å². The van der Waals surface area contributed by atoms with Gasteiger partial charge in [0.1, 0.15) is 5.82 Å². The number of nitrogens with zero attached hydrogens (tertiary/aromatic N) is 2. The number of β-amino-alcohol motifs (C(OH)–C–C–N with tert-alkyl or cyclic N) is 1. The van der Waals surface area contributed by atoms with E-state index in [1.807, 2.05) is 19.9 Å². The van der Waals surface area contributed by atoms with Gasteiger partial charge in [-0.25, -0.2) is 4.39 Å². The topological polar surface area (TPSA) is 69.2 Å². The molecule has 5 nitrogen and oxygen atoms in total. The SMILES string of the molecule is Cc1cc(C[C@@H]2CN(C(=O)Cc3cc(F)ccc3C)C[C@H]2O)n[nH]1. The van der Waals surface area contributed by atoms with Gasteiger partial charge < -0.3 is 10.0 Å². The first-order valence-corrected chi connectivity index (χ1v) is 8.14.